The Hall–Kier alpha value is -2.56. The van der Waals surface area contributed by atoms with E-state index in [4.69, 9.17) is 16.1 Å². The number of hydrogen-bond acceptors (Lipinski definition) is 5. The highest BCUT2D eigenvalue weighted by Crippen LogP contribution is 2.19. The van der Waals surface area contributed by atoms with Crippen molar-refractivity contribution in [3.63, 3.8) is 0 Å². The van der Waals surface area contributed by atoms with Gasteiger partial charge in [0.2, 0.25) is 10.0 Å². The predicted molar refractivity (Wildman–Crippen MR) is 80.7 cm³/mol. The standard InChI is InChI=1S/C14H14N4O2S/c15-8-11-7-12(16)3-6-14(11)18-9-10-1-4-13(5-2-10)21(17,19)20/h1-7,18H,9,16H2,(H2,17,19,20). The van der Waals surface area contributed by atoms with Gasteiger partial charge in [-0.25, -0.2) is 13.6 Å². The van der Waals surface area contributed by atoms with E-state index in [1.807, 2.05) is 0 Å². The van der Waals surface area contributed by atoms with Gasteiger partial charge in [-0.15, -0.1) is 0 Å². The summed E-state index contributed by atoms with van der Waals surface area (Å²) < 4.78 is 22.3. The molecule has 0 saturated heterocycles. The van der Waals surface area contributed by atoms with Crippen LogP contribution >= 0.6 is 0 Å². The molecule has 0 aliphatic carbocycles. The van der Waals surface area contributed by atoms with Crippen LogP contribution in [0, 0.1) is 11.3 Å². The van der Waals surface area contributed by atoms with E-state index in [0.717, 1.165) is 5.56 Å². The van der Waals surface area contributed by atoms with Gasteiger partial charge in [-0.2, -0.15) is 5.26 Å². The Morgan fingerprint density at radius 2 is 1.81 bits per heavy atom. The van der Waals surface area contributed by atoms with E-state index in [0.29, 0.717) is 23.5 Å². The summed E-state index contributed by atoms with van der Waals surface area (Å²) in [5, 5.41) is 17.2. The maximum Gasteiger partial charge on any atom is 0.238 e. The molecule has 5 N–H and O–H groups in total. The quantitative estimate of drug-likeness (QED) is 0.737. The third-order valence-corrected chi connectivity index (χ3v) is 3.83. The molecule has 0 heterocycles. The molecule has 0 spiro atoms. The Bertz CT molecular complexity index is 793. The fourth-order valence-corrected chi connectivity index (χ4v) is 2.32. The molecule has 0 atom stereocenters. The van der Waals surface area contributed by atoms with Crippen LogP contribution in [0.15, 0.2) is 47.4 Å². The van der Waals surface area contributed by atoms with Gasteiger partial charge < -0.3 is 11.1 Å². The van der Waals surface area contributed by atoms with Crippen molar-refractivity contribution < 1.29 is 8.42 Å². The Morgan fingerprint density at radius 1 is 1.14 bits per heavy atom. The second-order valence-electron chi connectivity index (χ2n) is 4.46. The van der Waals surface area contributed by atoms with Gasteiger partial charge in [0.25, 0.3) is 0 Å². The predicted octanol–water partition coefficient (Wildman–Crippen LogP) is 1.40. The molecule has 7 heteroatoms. The van der Waals surface area contributed by atoms with Crippen molar-refractivity contribution in [1.82, 2.24) is 0 Å². The molecule has 0 radical (unpaired) electrons. The summed E-state index contributed by atoms with van der Waals surface area (Å²) in [6, 6.07) is 13.3. The van der Waals surface area contributed by atoms with Crippen LogP contribution in [-0.4, -0.2) is 8.42 Å². The summed E-state index contributed by atoms with van der Waals surface area (Å²) in [6.07, 6.45) is 0. The van der Waals surface area contributed by atoms with Crippen molar-refractivity contribution in [2.45, 2.75) is 11.4 Å². The fraction of sp³-hybridized carbons (Fsp3) is 0.0714. The minimum atomic E-state index is -3.68. The third kappa shape index (κ3) is 3.72. The number of nitriles is 1. The smallest absolute Gasteiger partial charge is 0.238 e. The van der Waals surface area contributed by atoms with Crippen LogP contribution < -0.4 is 16.2 Å². The lowest BCUT2D eigenvalue weighted by Gasteiger charge is -2.09. The lowest BCUT2D eigenvalue weighted by atomic mass is 10.1. The molecule has 2 rings (SSSR count). The number of anilines is 2. The number of nitrogens with one attached hydrogen (secondary N) is 1. The van der Waals surface area contributed by atoms with Crippen molar-refractivity contribution in [2.75, 3.05) is 11.1 Å². The number of nitrogens with two attached hydrogens (primary N) is 2. The van der Waals surface area contributed by atoms with Gasteiger partial charge in [0, 0.05) is 12.2 Å². The van der Waals surface area contributed by atoms with Crippen molar-refractivity contribution in [2.24, 2.45) is 5.14 Å². The summed E-state index contributed by atoms with van der Waals surface area (Å²) in [7, 11) is -3.68. The van der Waals surface area contributed by atoms with Gasteiger partial charge in [0.1, 0.15) is 6.07 Å². The molecule has 2 aromatic carbocycles. The Labute approximate surface area is 123 Å². The highest BCUT2D eigenvalue weighted by Gasteiger charge is 2.07. The van der Waals surface area contributed by atoms with Gasteiger partial charge in [-0.3, -0.25) is 0 Å². The SMILES string of the molecule is N#Cc1cc(N)ccc1NCc1ccc(S(N)(=O)=O)cc1. The summed E-state index contributed by atoms with van der Waals surface area (Å²) in [6.45, 7) is 0.448. The fourth-order valence-electron chi connectivity index (χ4n) is 1.80. The van der Waals surface area contributed by atoms with E-state index >= 15 is 0 Å². The van der Waals surface area contributed by atoms with E-state index in [1.165, 1.54) is 12.1 Å². The zero-order valence-corrected chi connectivity index (χ0v) is 11.9. The molecular formula is C14H14N4O2S. The number of rotatable bonds is 4. The van der Waals surface area contributed by atoms with Gasteiger partial charge >= 0.3 is 0 Å². The molecule has 21 heavy (non-hydrogen) atoms. The lowest BCUT2D eigenvalue weighted by Crippen LogP contribution is -2.12. The number of benzene rings is 2. The van der Waals surface area contributed by atoms with Crippen LogP contribution in [0.1, 0.15) is 11.1 Å². The first kappa shape index (κ1) is 14.8. The minimum Gasteiger partial charge on any atom is -0.399 e. The molecule has 0 bridgehead atoms. The molecule has 0 amide bonds. The topological polar surface area (TPSA) is 122 Å². The second kappa shape index (κ2) is 5.83. The van der Waals surface area contributed by atoms with Gasteiger partial charge in [0.15, 0.2) is 0 Å². The molecule has 0 saturated carbocycles. The van der Waals surface area contributed by atoms with Gasteiger partial charge in [-0.1, -0.05) is 12.1 Å². The Kier molecular flexibility index (Phi) is 4.12. The summed E-state index contributed by atoms with van der Waals surface area (Å²) in [5.74, 6) is 0. The van der Waals surface area contributed by atoms with E-state index < -0.39 is 10.0 Å². The van der Waals surface area contributed by atoms with Crippen molar-refractivity contribution >= 4 is 21.4 Å². The van der Waals surface area contributed by atoms with Crippen molar-refractivity contribution in [3.05, 3.63) is 53.6 Å². The first-order valence-electron chi connectivity index (χ1n) is 6.05. The summed E-state index contributed by atoms with van der Waals surface area (Å²) >= 11 is 0. The number of hydrogen-bond donors (Lipinski definition) is 3. The third-order valence-electron chi connectivity index (χ3n) is 2.90. The molecule has 0 unspecified atom stereocenters. The molecule has 0 aromatic heterocycles. The lowest BCUT2D eigenvalue weighted by molar-refractivity contribution is 0.598. The molecule has 0 aliphatic rings. The van der Waals surface area contributed by atoms with Crippen molar-refractivity contribution in [1.29, 1.82) is 5.26 Å². The number of sulfonamides is 1. The monoisotopic (exact) mass is 302 g/mol. The average Bonchev–Trinajstić information content (AvgIpc) is 2.45. The molecule has 0 fully saturated rings. The molecular weight excluding hydrogens is 288 g/mol. The highest BCUT2D eigenvalue weighted by atomic mass is 32.2. The highest BCUT2D eigenvalue weighted by molar-refractivity contribution is 7.89. The van der Waals surface area contributed by atoms with Crippen LogP contribution in [0.5, 0.6) is 0 Å². The van der Waals surface area contributed by atoms with Crippen LogP contribution in [0.4, 0.5) is 11.4 Å². The first-order chi connectivity index (χ1) is 9.90. The Morgan fingerprint density at radius 3 is 2.38 bits per heavy atom. The zero-order valence-electron chi connectivity index (χ0n) is 11.1. The largest absolute Gasteiger partial charge is 0.399 e. The van der Waals surface area contributed by atoms with E-state index in [2.05, 4.69) is 11.4 Å². The normalized spacial score (nSPS) is 10.9. The average molecular weight is 302 g/mol. The van der Waals surface area contributed by atoms with Gasteiger partial charge in [0.05, 0.1) is 16.1 Å². The summed E-state index contributed by atoms with van der Waals surface area (Å²) in [5.41, 5.74) is 8.13. The van der Waals surface area contributed by atoms with Crippen LogP contribution in [0.25, 0.3) is 0 Å². The first-order valence-corrected chi connectivity index (χ1v) is 7.60. The van der Waals surface area contributed by atoms with Crippen molar-refractivity contribution in [3.8, 4) is 6.07 Å². The zero-order chi connectivity index (χ0) is 15.5. The van der Waals surface area contributed by atoms with Crippen LogP contribution in [-0.2, 0) is 16.6 Å². The molecule has 108 valence electrons. The molecule has 0 aliphatic heterocycles. The number of primary sulfonamides is 1. The minimum absolute atomic E-state index is 0.0662. The molecule has 6 nitrogen and oxygen atoms in total. The number of nitrogens with zero attached hydrogens (tertiary/aromatic N) is 1. The van der Waals surface area contributed by atoms with E-state index in [9.17, 15) is 8.42 Å². The number of nitrogen functional groups attached to an aromatic ring is 1. The molecule has 2 aromatic rings. The van der Waals surface area contributed by atoms with Crippen LogP contribution in [0.2, 0.25) is 0 Å². The van der Waals surface area contributed by atoms with Crippen LogP contribution in [0.3, 0.4) is 0 Å². The van der Waals surface area contributed by atoms with Gasteiger partial charge in [-0.05, 0) is 35.9 Å². The summed E-state index contributed by atoms with van der Waals surface area (Å²) in [4.78, 5) is 0.0662. The second-order valence-corrected chi connectivity index (χ2v) is 6.02. The Balaban J connectivity index is 2.12. The maximum absolute atomic E-state index is 11.2. The van der Waals surface area contributed by atoms with E-state index in [-0.39, 0.29) is 4.90 Å². The maximum atomic E-state index is 11.2. The van der Waals surface area contributed by atoms with E-state index in [1.54, 1.807) is 30.3 Å².